The number of likely N-dealkylation sites (tertiary alicyclic amines) is 1. The van der Waals surface area contributed by atoms with Gasteiger partial charge in [-0.15, -0.1) is 0 Å². The molecule has 0 bridgehead atoms. The molecule has 1 fully saturated rings. The molecule has 0 unspecified atom stereocenters. The summed E-state index contributed by atoms with van der Waals surface area (Å²) in [7, 11) is 0. The van der Waals surface area contributed by atoms with Crippen LogP contribution in [0.3, 0.4) is 0 Å². The van der Waals surface area contributed by atoms with Crippen LogP contribution in [-0.2, 0) is 17.9 Å². The van der Waals surface area contributed by atoms with E-state index in [4.69, 9.17) is 0 Å². The van der Waals surface area contributed by atoms with Gasteiger partial charge in [0.15, 0.2) is 0 Å². The molecule has 1 saturated heterocycles. The molecule has 0 radical (unpaired) electrons. The lowest BCUT2D eigenvalue weighted by molar-refractivity contribution is -0.126. The third-order valence-electron chi connectivity index (χ3n) is 4.92. The fourth-order valence-electron chi connectivity index (χ4n) is 3.31. The molecule has 126 valence electrons. The van der Waals surface area contributed by atoms with E-state index >= 15 is 0 Å². The van der Waals surface area contributed by atoms with Gasteiger partial charge in [0.05, 0.1) is 0 Å². The second-order valence-corrected chi connectivity index (χ2v) is 6.68. The number of nitrogens with zero attached hydrogens (tertiary/aromatic N) is 1. The van der Waals surface area contributed by atoms with Crippen molar-refractivity contribution in [3.05, 3.63) is 71.3 Å². The Hall–Kier alpha value is -2.13. The van der Waals surface area contributed by atoms with Crippen molar-refractivity contribution in [3.8, 4) is 0 Å². The van der Waals surface area contributed by atoms with Crippen LogP contribution in [0.25, 0.3) is 0 Å². The van der Waals surface area contributed by atoms with E-state index in [1.807, 2.05) is 30.3 Å². The molecule has 24 heavy (non-hydrogen) atoms. The normalized spacial score (nSPS) is 16.0. The summed E-state index contributed by atoms with van der Waals surface area (Å²) < 4.78 is 0. The van der Waals surface area contributed by atoms with Crippen LogP contribution in [-0.4, -0.2) is 23.9 Å². The van der Waals surface area contributed by atoms with Crippen LogP contribution >= 0.6 is 0 Å². The van der Waals surface area contributed by atoms with Gasteiger partial charge in [-0.25, -0.2) is 0 Å². The highest BCUT2D eigenvalue weighted by Crippen LogP contribution is 2.20. The van der Waals surface area contributed by atoms with Crippen LogP contribution < -0.4 is 5.32 Å². The van der Waals surface area contributed by atoms with Crippen molar-refractivity contribution in [2.75, 3.05) is 13.1 Å². The first-order valence-electron chi connectivity index (χ1n) is 8.81. The molecule has 3 heteroatoms. The summed E-state index contributed by atoms with van der Waals surface area (Å²) in [5.41, 5.74) is 3.90. The predicted molar refractivity (Wildman–Crippen MR) is 97.5 cm³/mol. The van der Waals surface area contributed by atoms with E-state index < -0.39 is 0 Å². The first-order chi connectivity index (χ1) is 11.7. The van der Waals surface area contributed by atoms with Crippen molar-refractivity contribution in [3.63, 3.8) is 0 Å². The molecule has 1 N–H and O–H groups in total. The number of aryl methyl sites for hydroxylation is 1. The van der Waals surface area contributed by atoms with E-state index in [1.165, 1.54) is 11.1 Å². The molecule has 1 heterocycles. The monoisotopic (exact) mass is 322 g/mol. The zero-order chi connectivity index (χ0) is 16.8. The molecule has 3 rings (SSSR count). The lowest BCUT2D eigenvalue weighted by Gasteiger charge is -2.31. The Morgan fingerprint density at radius 2 is 1.71 bits per heavy atom. The lowest BCUT2D eigenvalue weighted by Crippen LogP contribution is -2.40. The zero-order valence-corrected chi connectivity index (χ0v) is 14.4. The molecular weight excluding hydrogens is 296 g/mol. The minimum Gasteiger partial charge on any atom is -0.352 e. The van der Waals surface area contributed by atoms with E-state index in [2.05, 4.69) is 41.4 Å². The number of carbonyl (C=O) groups is 1. The lowest BCUT2D eigenvalue weighted by atomic mass is 9.95. The summed E-state index contributed by atoms with van der Waals surface area (Å²) in [6, 6.07) is 18.7. The summed E-state index contributed by atoms with van der Waals surface area (Å²) in [5.74, 6) is 0.358. The van der Waals surface area contributed by atoms with Crippen molar-refractivity contribution < 1.29 is 4.79 Å². The highest BCUT2D eigenvalue weighted by molar-refractivity contribution is 5.78. The van der Waals surface area contributed by atoms with Gasteiger partial charge in [0.25, 0.3) is 0 Å². The molecular formula is C21H26N2O. The molecule has 0 spiro atoms. The molecule has 1 aliphatic rings. The first-order valence-corrected chi connectivity index (χ1v) is 8.81. The Kier molecular flexibility index (Phi) is 5.65. The Labute approximate surface area is 144 Å². The Morgan fingerprint density at radius 1 is 1.04 bits per heavy atom. The quantitative estimate of drug-likeness (QED) is 0.913. The highest BCUT2D eigenvalue weighted by atomic mass is 16.1. The number of hydrogen-bond donors (Lipinski definition) is 1. The first kappa shape index (κ1) is 16.7. The van der Waals surface area contributed by atoms with Crippen molar-refractivity contribution in [2.45, 2.75) is 32.9 Å². The van der Waals surface area contributed by atoms with E-state index in [1.54, 1.807) is 0 Å². The topological polar surface area (TPSA) is 32.3 Å². The number of carbonyl (C=O) groups excluding carboxylic acids is 1. The minimum atomic E-state index is 0.154. The summed E-state index contributed by atoms with van der Waals surface area (Å²) >= 11 is 0. The molecule has 0 atom stereocenters. The second kappa shape index (κ2) is 8.11. The molecule has 2 aromatic carbocycles. The van der Waals surface area contributed by atoms with Crippen LogP contribution in [0.1, 0.15) is 29.5 Å². The van der Waals surface area contributed by atoms with Crippen LogP contribution in [0.15, 0.2) is 54.6 Å². The summed E-state index contributed by atoms with van der Waals surface area (Å²) in [6.45, 7) is 5.78. The fourth-order valence-corrected chi connectivity index (χ4v) is 3.31. The van der Waals surface area contributed by atoms with E-state index in [0.29, 0.717) is 6.54 Å². The Morgan fingerprint density at radius 3 is 2.42 bits per heavy atom. The van der Waals surface area contributed by atoms with Gasteiger partial charge in [0.2, 0.25) is 5.91 Å². The highest BCUT2D eigenvalue weighted by Gasteiger charge is 2.24. The van der Waals surface area contributed by atoms with Gasteiger partial charge in [-0.1, -0.05) is 54.6 Å². The van der Waals surface area contributed by atoms with Gasteiger partial charge in [0, 0.05) is 19.0 Å². The third-order valence-corrected chi connectivity index (χ3v) is 4.92. The number of benzene rings is 2. The molecule has 1 amide bonds. The van der Waals surface area contributed by atoms with Gasteiger partial charge in [-0.3, -0.25) is 9.69 Å². The van der Waals surface area contributed by atoms with Crippen LogP contribution in [0, 0.1) is 12.8 Å². The van der Waals surface area contributed by atoms with Gasteiger partial charge in [0.1, 0.15) is 0 Å². The maximum atomic E-state index is 12.4. The fraction of sp³-hybridized carbons (Fsp3) is 0.381. The third kappa shape index (κ3) is 4.45. The number of rotatable bonds is 5. The van der Waals surface area contributed by atoms with Crippen molar-refractivity contribution in [1.29, 1.82) is 0 Å². The summed E-state index contributed by atoms with van der Waals surface area (Å²) in [6.07, 6.45) is 1.90. The molecule has 0 saturated carbocycles. The number of nitrogens with one attached hydrogen (secondary N) is 1. The number of hydrogen-bond acceptors (Lipinski definition) is 2. The van der Waals surface area contributed by atoms with Crippen LogP contribution in [0.5, 0.6) is 0 Å². The van der Waals surface area contributed by atoms with Crippen LogP contribution in [0.4, 0.5) is 0 Å². The van der Waals surface area contributed by atoms with Gasteiger partial charge < -0.3 is 5.32 Å². The molecule has 0 aliphatic carbocycles. The molecule has 1 aliphatic heterocycles. The molecule has 3 nitrogen and oxygen atoms in total. The number of piperidine rings is 1. The van der Waals surface area contributed by atoms with E-state index in [0.717, 1.165) is 38.0 Å². The van der Waals surface area contributed by atoms with Gasteiger partial charge in [-0.2, -0.15) is 0 Å². The Balaban J connectivity index is 1.44. The second-order valence-electron chi connectivity index (χ2n) is 6.68. The van der Waals surface area contributed by atoms with Crippen molar-refractivity contribution in [2.24, 2.45) is 5.92 Å². The van der Waals surface area contributed by atoms with Gasteiger partial charge >= 0.3 is 0 Å². The standard InChI is InChI=1S/C21H26N2O/c1-17-7-5-6-10-20(17)16-23-13-11-19(12-14-23)21(24)22-15-18-8-3-2-4-9-18/h2-10,19H,11-16H2,1H3,(H,22,24). The smallest absolute Gasteiger partial charge is 0.223 e. The van der Waals surface area contributed by atoms with E-state index in [9.17, 15) is 4.79 Å². The maximum Gasteiger partial charge on any atom is 0.223 e. The van der Waals surface area contributed by atoms with Gasteiger partial charge in [-0.05, 0) is 49.5 Å². The zero-order valence-electron chi connectivity index (χ0n) is 14.4. The largest absolute Gasteiger partial charge is 0.352 e. The van der Waals surface area contributed by atoms with E-state index in [-0.39, 0.29) is 11.8 Å². The molecule has 0 aromatic heterocycles. The van der Waals surface area contributed by atoms with Crippen molar-refractivity contribution in [1.82, 2.24) is 10.2 Å². The number of amides is 1. The average Bonchev–Trinajstić information content (AvgIpc) is 2.63. The van der Waals surface area contributed by atoms with Crippen LogP contribution in [0.2, 0.25) is 0 Å². The average molecular weight is 322 g/mol. The minimum absolute atomic E-state index is 0.154. The molecule has 2 aromatic rings. The SMILES string of the molecule is Cc1ccccc1CN1CCC(C(=O)NCc2ccccc2)CC1. The van der Waals surface area contributed by atoms with Crippen molar-refractivity contribution >= 4 is 5.91 Å². The summed E-state index contributed by atoms with van der Waals surface area (Å²) in [4.78, 5) is 14.8. The Bertz CT molecular complexity index is 661. The summed E-state index contributed by atoms with van der Waals surface area (Å²) in [5, 5.41) is 3.08. The maximum absolute atomic E-state index is 12.4. The predicted octanol–water partition coefficient (Wildman–Crippen LogP) is 3.52.